The molecule has 1 amide bonds. The maximum absolute atomic E-state index is 13.2. The molecule has 1 unspecified atom stereocenters. The molecule has 3 aromatic rings. The second kappa shape index (κ2) is 7.48. The van der Waals surface area contributed by atoms with Crippen LogP contribution in [-0.4, -0.2) is 21.8 Å². The monoisotopic (exact) mass is 402 g/mol. The number of aliphatic hydroxyl groups is 1. The maximum Gasteiger partial charge on any atom is 0.294 e. The van der Waals surface area contributed by atoms with Crippen LogP contribution in [0.15, 0.2) is 66.1 Å². The Morgan fingerprint density at radius 2 is 1.70 bits per heavy atom. The van der Waals surface area contributed by atoms with E-state index >= 15 is 0 Å². The average molecular weight is 402 g/mol. The Kier molecular flexibility index (Phi) is 4.98. The number of aromatic nitrogens is 1. The fourth-order valence-corrected chi connectivity index (χ4v) is 4.07. The number of benzene rings is 2. The number of H-pyrrole nitrogens is 1. The lowest BCUT2D eigenvalue weighted by molar-refractivity contribution is -0.119. The first-order valence-corrected chi connectivity index (χ1v) is 10.3. The van der Waals surface area contributed by atoms with Crippen LogP contribution in [0, 0.1) is 5.92 Å². The van der Waals surface area contributed by atoms with E-state index in [0.29, 0.717) is 11.6 Å². The molecule has 30 heavy (non-hydrogen) atoms. The first-order chi connectivity index (χ1) is 14.3. The third-order valence-corrected chi connectivity index (χ3v) is 5.75. The van der Waals surface area contributed by atoms with E-state index in [0.717, 1.165) is 22.0 Å². The van der Waals surface area contributed by atoms with Crippen LogP contribution in [-0.2, 0) is 9.59 Å². The third-order valence-electron chi connectivity index (χ3n) is 5.75. The number of hydrogen-bond acceptors (Lipinski definition) is 3. The van der Waals surface area contributed by atoms with Crippen molar-refractivity contribution in [2.45, 2.75) is 39.7 Å². The number of anilines is 1. The van der Waals surface area contributed by atoms with Crippen molar-refractivity contribution >= 4 is 28.3 Å². The fourth-order valence-electron chi connectivity index (χ4n) is 4.07. The number of ketones is 1. The SMILES string of the molecule is CC(C)C(=O)C1=C(O)C(=O)N(c2ccc(C(C)C)cc2)C1c1c[nH]c2ccccc12. The quantitative estimate of drug-likeness (QED) is 0.599. The third kappa shape index (κ3) is 3.11. The molecular weight excluding hydrogens is 376 g/mol. The first kappa shape index (κ1) is 20.0. The van der Waals surface area contributed by atoms with Crippen molar-refractivity contribution in [2.24, 2.45) is 5.92 Å². The van der Waals surface area contributed by atoms with Gasteiger partial charge in [-0.05, 0) is 29.7 Å². The molecule has 2 N–H and O–H groups in total. The Morgan fingerprint density at radius 1 is 1.03 bits per heavy atom. The Morgan fingerprint density at radius 3 is 2.33 bits per heavy atom. The Balaban J connectivity index is 1.91. The fraction of sp³-hybridized carbons (Fsp3) is 0.280. The van der Waals surface area contributed by atoms with Gasteiger partial charge in [0.25, 0.3) is 5.91 Å². The number of rotatable bonds is 5. The zero-order chi connectivity index (χ0) is 21.6. The summed E-state index contributed by atoms with van der Waals surface area (Å²) in [5, 5.41) is 11.7. The molecule has 2 heterocycles. The highest BCUT2D eigenvalue weighted by Crippen LogP contribution is 2.44. The van der Waals surface area contributed by atoms with Gasteiger partial charge in [-0.3, -0.25) is 14.5 Å². The van der Waals surface area contributed by atoms with Gasteiger partial charge in [0, 0.05) is 34.3 Å². The molecule has 0 saturated heterocycles. The van der Waals surface area contributed by atoms with E-state index in [1.807, 2.05) is 54.7 Å². The molecule has 5 heteroatoms. The van der Waals surface area contributed by atoms with Gasteiger partial charge in [-0.2, -0.15) is 0 Å². The van der Waals surface area contributed by atoms with Gasteiger partial charge in [0.1, 0.15) is 0 Å². The first-order valence-electron chi connectivity index (χ1n) is 10.3. The molecule has 5 nitrogen and oxygen atoms in total. The van der Waals surface area contributed by atoms with Crippen LogP contribution in [0.25, 0.3) is 10.9 Å². The maximum atomic E-state index is 13.2. The molecule has 1 atom stereocenters. The van der Waals surface area contributed by atoms with Gasteiger partial charge in [-0.25, -0.2) is 0 Å². The van der Waals surface area contributed by atoms with Crippen molar-refractivity contribution in [1.29, 1.82) is 0 Å². The van der Waals surface area contributed by atoms with E-state index in [9.17, 15) is 14.7 Å². The summed E-state index contributed by atoms with van der Waals surface area (Å²) in [6.45, 7) is 7.77. The van der Waals surface area contributed by atoms with E-state index in [1.165, 1.54) is 4.90 Å². The topological polar surface area (TPSA) is 73.4 Å². The summed E-state index contributed by atoms with van der Waals surface area (Å²) in [4.78, 5) is 31.0. The predicted molar refractivity (Wildman–Crippen MR) is 119 cm³/mol. The highest BCUT2D eigenvalue weighted by Gasteiger charge is 2.45. The summed E-state index contributed by atoms with van der Waals surface area (Å²) in [6, 6.07) is 14.8. The summed E-state index contributed by atoms with van der Waals surface area (Å²) in [7, 11) is 0. The molecule has 0 saturated carbocycles. The van der Waals surface area contributed by atoms with Gasteiger partial charge in [-0.15, -0.1) is 0 Å². The van der Waals surface area contributed by atoms with Crippen molar-refractivity contribution in [3.8, 4) is 0 Å². The standard InChI is InChI=1S/C25H26N2O3/c1-14(2)16-9-11-17(12-10-16)27-22(19-13-26-20-8-6-5-7-18(19)20)21(23(28)15(3)4)24(29)25(27)30/h5-15,22,26,29H,1-4H3. The number of amides is 1. The Bertz CT molecular complexity index is 1150. The summed E-state index contributed by atoms with van der Waals surface area (Å²) in [6.07, 6.45) is 1.82. The summed E-state index contributed by atoms with van der Waals surface area (Å²) < 4.78 is 0. The lowest BCUT2D eigenvalue weighted by atomic mass is 9.91. The van der Waals surface area contributed by atoms with Gasteiger partial charge < -0.3 is 10.1 Å². The van der Waals surface area contributed by atoms with Crippen LogP contribution in [0.5, 0.6) is 0 Å². The molecule has 0 bridgehead atoms. The van der Waals surface area contributed by atoms with E-state index in [4.69, 9.17) is 0 Å². The average Bonchev–Trinajstić information content (AvgIpc) is 3.26. The van der Waals surface area contributed by atoms with E-state index in [2.05, 4.69) is 18.8 Å². The molecule has 1 aliphatic rings. The van der Waals surface area contributed by atoms with Crippen molar-refractivity contribution in [1.82, 2.24) is 4.98 Å². The van der Waals surface area contributed by atoms with Crippen LogP contribution < -0.4 is 4.90 Å². The lowest BCUT2D eigenvalue weighted by Crippen LogP contribution is -2.31. The molecule has 0 spiro atoms. The number of para-hydroxylation sites is 1. The second-order valence-corrected chi connectivity index (χ2v) is 8.39. The number of carbonyl (C=O) groups excluding carboxylic acids is 2. The van der Waals surface area contributed by atoms with Crippen molar-refractivity contribution in [3.05, 3.63) is 77.2 Å². The van der Waals surface area contributed by atoms with E-state index in [1.54, 1.807) is 13.8 Å². The minimum absolute atomic E-state index is 0.160. The van der Waals surface area contributed by atoms with Gasteiger partial charge in [0.15, 0.2) is 11.5 Å². The Labute approximate surface area is 176 Å². The predicted octanol–water partition coefficient (Wildman–Crippen LogP) is 5.42. The van der Waals surface area contributed by atoms with E-state index in [-0.39, 0.29) is 17.3 Å². The zero-order valence-electron chi connectivity index (χ0n) is 17.6. The van der Waals surface area contributed by atoms with Crippen LogP contribution >= 0.6 is 0 Å². The molecule has 1 aliphatic heterocycles. The molecule has 0 fully saturated rings. The Hall–Kier alpha value is -3.34. The van der Waals surface area contributed by atoms with E-state index < -0.39 is 17.7 Å². The van der Waals surface area contributed by atoms with Crippen LogP contribution in [0.4, 0.5) is 5.69 Å². The number of aliphatic hydroxyl groups excluding tert-OH is 1. The number of aromatic amines is 1. The number of fused-ring (bicyclic) bond motifs is 1. The summed E-state index contributed by atoms with van der Waals surface area (Å²) >= 11 is 0. The number of carbonyl (C=O) groups is 2. The van der Waals surface area contributed by atoms with Gasteiger partial charge in [0.05, 0.1) is 11.6 Å². The molecule has 4 rings (SSSR count). The number of nitrogens with one attached hydrogen (secondary N) is 1. The molecular formula is C25H26N2O3. The number of nitrogens with zero attached hydrogens (tertiary/aromatic N) is 1. The highest BCUT2D eigenvalue weighted by atomic mass is 16.3. The molecule has 1 aromatic heterocycles. The normalized spacial score (nSPS) is 17.1. The van der Waals surface area contributed by atoms with Crippen LogP contribution in [0.2, 0.25) is 0 Å². The van der Waals surface area contributed by atoms with Crippen molar-refractivity contribution in [2.75, 3.05) is 4.90 Å². The minimum Gasteiger partial charge on any atom is -0.503 e. The van der Waals surface area contributed by atoms with Crippen molar-refractivity contribution in [3.63, 3.8) is 0 Å². The molecule has 0 radical (unpaired) electrons. The smallest absolute Gasteiger partial charge is 0.294 e. The summed E-state index contributed by atoms with van der Waals surface area (Å²) in [5.74, 6) is -1.21. The second-order valence-electron chi connectivity index (χ2n) is 8.39. The highest BCUT2D eigenvalue weighted by molar-refractivity contribution is 6.17. The molecule has 2 aromatic carbocycles. The van der Waals surface area contributed by atoms with Gasteiger partial charge >= 0.3 is 0 Å². The number of hydrogen-bond donors (Lipinski definition) is 2. The summed E-state index contributed by atoms with van der Waals surface area (Å²) in [5.41, 5.74) is 3.67. The van der Waals surface area contributed by atoms with Crippen LogP contribution in [0.1, 0.15) is 50.8 Å². The van der Waals surface area contributed by atoms with Gasteiger partial charge in [0.2, 0.25) is 0 Å². The lowest BCUT2D eigenvalue weighted by Gasteiger charge is -2.27. The number of Topliss-reactive ketones (excluding diaryl/α,β-unsaturated/α-hetero) is 1. The largest absolute Gasteiger partial charge is 0.503 e. The van der Waals surface area contributed by atoms with Crippen molar-refractivity contribution < 1.29 is 14.7 Å². The molecule has 154 valence electrons. The molecule has 0 aliphatic carbocycles. The van der Waals surface area contributed by atoms with Crippen LogP contribution in [0.3, 0.4) is 0 Å². The van der Waals surface area contributed by atoms with Gasteiger partial charge in [-0.1, -0.05) is 58.0 Å². The zero-order valence-corrected chi connectivity index (χ0v) is 17.6. The minimum atomic E-state index is -0.687.